The van der Waals surface area contributed by atoms with E-state index in [0.717, 1.165) is 60.9 Å². The quantitative estimate of drug-likeness (QED) is 0.183. The van der Waals surface area contributed by atoms with Gasteiger partial charge in [-0.3, -0.25) is 0 Å². The summed E-state index contributed by atoms with van der Waals surface area (Å²) in [7, 11) is 0. The Bertz CT molecular complexity index is 2460. The van der Waals surface area contributed by atoms with Crippen molar-refractivity contribution in [3.05, 3.63) is 170 Å². The number of hydrogen-bond donors (Lipinski definition) is 0. The maximum atomic E-state index is 6.33. The summed E-state index contributed by atoms with van der Waals surface area (Å²) >= 11 is 0. The molecule has 3 aromatic heterocycles. The third kappa shape index (κ3) is 5.43. The molecule has 5 heteroatoms. The lowest BCUT2D eigenvalue weighted by molar-refractivity contribution is 0.654. The second-order valence-electron chi connectivity index (χ2n) is 11.9. The molecule has 49 heavy (non-hydrogen) atoms. The molecule has 0 saturated carbocycles. The molecule has 0 radical (unpaired) electrons. The Balaban J connectivity index is 1.16. The molecule has 0 N–H and O–H groups in total. The fraction of sp³-hybridized carbons (Fsp3) is 0. The van der Waals surface area contributed by atoms with Gasteiger partial charge in [0, 0.05) is 21.9 Å². The number of pyridine rings is 1. The van der Waals surface area contributed by atoms with Gasteiger partial charge < -0.3 is 4.42 Å². The second kappa shape index (κ2) is 12.1. The lowest BCUT2D eigenvalue weighted by Crippen LogP contribution is -2.01. The van der Waals surface area contributed by atoms with Crippen molar-refractivity contribution in [2.24, 2.45) is 0 Å². The van der Waals surface area contributed by atoms with Gasteiger partial charge in [-0.25, -0.2) is 19.9 Å². The Hall–Kier alpha value is -6.72. The number of aromatic nitrogens is 4. The van der Waals surface area contributed by atoms with Crippen molar-refractivity contribution in [2.75, 3.05) is 0 Å². The zero-order valence-corrected chi connectivity index (χ0v) is 26.4. The highest BCUT2D eigenvalue weighted by Crippen LogP contribution is 2.37. The SMILES string of the molecule is c1ccc(-c2ccc(-c3nc(-c4ccc(-c5ccccc5)cc4)nc(-c4ccc5c(n4)oc4cccc(-c6ccccc6)c45)n3)cc2)cc1. The van der Waals surface area contributed by atoms with Gasteiger partial charge in [0.2, 0.25) is 5.71 Å². The fourth-order valence-electron chi connectivity index (χ4n) is 6.32. The van der Waals surface area contributed by atoms with E-state index < -0.39 is 0 Å². The largest absolute Gasteiger partial charge is 0.438 e. The molecule has 0 atom stereocenters. The molecule has 0 amide bonds. The third-order valence-corrected chi connectivity index (χ3v) is 8.81. The smallest absolute Gasteiger partial charge is 0.227 e. The van der Waals surface area contributed by atoms with Crippen LogP contribution in [0.5, 0.6) is 0 Å². The Morgan fingerprint density at radius 2 is 0.796 bits per heavy atom. The van der Waals surface area contributed by atoms with Gasteiger partial charge in [-0.15, -0.1) is 0 Å². The van der Waals surface area contributed by atoms with E-state index in [1.807, 2.05) is 72.8 Å². The number of hydrogen-bond acceptors (Lipinski definition) is 5. The number of furan rings is 1. The molecule has 6 aromatic carbocycles. The van der Waals surface area contributed by atoms with E-state index in [1.54, 1.807) is 0 Å². The Morgan fingerprint density at radius 3 is 1.35 bits per heavy atom. The molecular formula is C44H28N4O. The maximum absolute atomic E-state index is 6.33. The van der Waals surface area contributed by atoms with Gasteiger partial charge in [-0.1, -0.05) is 152 Å². The first-order valence-corrected chi connectivity index (χ1v) is 16.2. The van der Waals surface area contributed by atoms with Gasteiger partial charge in [0.15, 0.2) is 17.5 Å². The molecule has 3 heterocycles. The van der Waals surface area contributed by atoms with Crippen molar-refractivity contribution in [2.45, 2.75) is 0 Å². The Labute approximate surface area is 283 Å². The predicted molar refractivity (Wildman–Crippen MR) is 198 cm³/mol. The van der Waals surface area contributed by atoms with E-state index in [2.05, 4.69) is 97.1 Å². The van der Waals surface area contributed by atoms with Crippen LogP contribution in [-0.4, -0.2) is 19.9 Å². The topological polar surface area (TPSA) is 64.7 Å². The molecule has 0 spiro atoms. The molecule has 5 nitrogen and oxygen atoms in total. The minimum Gasteiger partial charge on any atom is -0.438 e. The van der Waals surface area contributed by atoms with E-state index in [1.165, 1.54) is 0 Å². The highest BCUT2D eigenvalue weighted by Gasteiger charge is 2.18. The van der Waals surface area contributed by atoms with Crippen molar-refractivity contribution in [1.29, 1.82) is 0 Å². The van der Waals surface area contributed by atoms with Crippen LogP contribution in [0, 0.1) is 0 Å². The summed E-state index contributed by atoms with van der Waals surface area (Å²) in [6, 6.07) is 57.8. The summed E-state index contributed by atoms with van der Waals surface area (Å²) < 4.78 is 6.33. The van der Waals surface area contributed by atoms with Crippen LogP contribution in [0.25, 0.3) is 89.7 Å². The maximum Gasteiger partial charge on any atom is 0.227 e. The molecular weight excluding hydrogens is 601 g/mol. The van der Waals surface area contributed by atoms with E-state index >= 15 is 0 Å². The fourth-order valence-corrected chi connectivity index (χ4v) is 6.32. The second-order valence-corrected chi connectivity index (χ2v) is 11.9. The van der Waals surface area contributed by atoms with E-state index in [0.29, 0.717) is 28.9 Å². The highest BCUT2D eigenvalue weighted by molar-refractivity contribution is 6.11. The summed E-state index contributed by atoms with van der Waals surface area (Å²) in [4.78, 5) is 19.9. The van der Waals surface area contributed by atoms with E-state index in [-0.39, 0.29) is 0 Å². The summed E-state index contributed by atoms with van der Waals surface area (Å²) in [6.07, 6.45) is 0. The molecule has 0 bridgehead atoms. The van der Waals surface area contributed by atoms with Crippen LogP contribution >= 0.6 is 0 Å². The lowest BCUT2D eigenvalue weighted by Gasteiger charge is -2.09. The van der Waals surface area contributed by atoms with Crippen LogP contribution in [0.2, 0.25) is 0 Å². The molecule has 0 aliphatic heterocycles. The van der Waals surface area contributed by atoms with E-state index in [9.17, 15) is 0 Å². The minimum absolute atomic E-state index is 0.477. The van der Waals surface area contributed by atoms with Crippen LogP contribution in [0.15, 0.2) is 174 Å². The van der Waals surface area contributed by atoms with Crippen molar-refractivity contribution in [3.63, 3.8) is 0 Å². The number of rotatable bonds is 6. The first kappa shape index (κ1) is 28.5. The molecule has 9 rings (SSSR count). The van der Waals surface area contributed by atoms with Crippen molar-refractivity contribution >= 4 is 22.1 Å². The number of fused-ring (bicyclic) bond motifs is 3. The molecule has 230 valence electrons. The van der Waals surface area contributed by atoms with E-state index in [4.69, 9.17) is 24.4 Å². The van der Waals surface area contributed by atoms with Gasteiger partial charge in [0.25, 0.3) is 0 Å². The molecule has 0 saturated heterocycles. The van der Waals surface area contributed by atoms with Gasteiger partial charge in [-0.2, -0.15) is 0 Å². The van der Waals surface area contributed by atoms with Gasteiger partial charge in [0.05, 0.1) is 0 Å². The van der Waals surface area contributed by atoms with Crippen molar-refractivity contribution < 1.29 is 4.42 Å². The molecule has 0 aliphatic rings. The van der Waals surface area contributed by atoms with Gasteiger partial charge in [-0.05, 0) is 51.6 Å². The van der Waals surface area contributed by atoms with Gasteiger partial charge in [0.1, 0.15) is 11.3 Å². The molecule has 9 aromatic rings. The molecule has 0 aliphatic carbocycles. The Morgan fingerprint density at radius 1 is 0.327 bits per heavy atom. The molecule has 0 unspecified atom stereocenters. The normalized spacial score (nSPS) is 11.3. The van der Waals surface area contributed by atoms with Crippen LogP contribution < -0.4 is 0 Å². The van der Waals surface area contributed by atoms with Crippen LogP contribution in [-0.2, 0) is 0 Å². The zero-order chi connectivity index (χ0) is 32.6. The standard InChI is InChI=1S/C44H28N4O/c1-4-11-29(12-5-1)31-19-23-34(24-20-31)41-46-42(35-25-21-32(22-26-35)30-13-6-2-7-14-30)48-43(47-41)38-28-27-37-40-36(33-15-8-3-9-16-33)17-10-18-39(40)49-44(37)45-38/h1-28H. The highest BCUT2D eigenvalue weighted by atomic mass is 16.3. The lowest BCUT2D eigenvalue weighted by atomic mass is 10.00. The van der Waals surface area contributed by atoms with Crippen LogP contribution in [0.1, 0.15) is 0 Å². The summed E-state index contributed by atoms with van der Waals surface area (Å²) in [5.74, 6) is 1.62. The number of benzene rings is 6. The first-order chi connectivity index (χ1) is 24.3. The molecule has 0 fully saturated rings. The average molecular weight is 629 g/mol. The predicted octanol–water partition coefficient (Wildman–Crippen LogP) is 11.2. The van der Waals surface area contributed by atoms with Crippen molar-refractivity contribution in [1.82, 2.24) is 19.9 Å². The summed E-state index contributed by atoms with van der Waals surface area (Å²) in [6.45, 7) is 0. The van der Waals surface area contributed by atoms with Gasteiger partial charge >= 0.3 is 0 Å². The monoisotopic (exact) mass is 628 g/mol. The zero-order valence-electron chi connectivity index (χ0n) is 26.4. The average Bonchev–Trinajstić information content (AvgIpc) is 3.57. The van der Waals surface area contributed by atoms with Crippen LogP contribution in [0.3, 0.4) is 0 Å². The Kier molecular flexibility index (Phi) is 7.06. The minimum atomic E-state index is 0.477. The summed E-state index contributed by atoms with van der Waals surface area (Å²) in [5, 5.41) is 1.98. The van der Waals surface area contributed by atoms with Crippen LogP contribution in [0.4, 0.5) is 0 Å². The van der Waals surface area contributed by atoms with Crippen molar-refractivity contribution in [3.8, 4) is 67.7 Å². The third-order valence-electron chi connectivity index (χ3n) is 8.81. The number of nitrogens with zero attached hydrogens (tertiary/aromatic N) is 4. The summed E-state index contributed by atoms with van der Waals surface area (Å²) in [5.41, 5.74) is 10.5. The first-order valence-electron chi connectivity index (χ1n) is 16.2.